The number of aromatic nitrogens is 2. The highest BCUT2D eigenvalue weighted by atomic mass is 19.1. The molecule has 2 N–H and O–H groups in total. The molecule has 2 heterocycles. The number of aliphatic hydroxyl groups excluding tert-OH is 1. The number of carbonyl (C=O) groups is 1. The van der Waals surface area contributed by atoms with E-state index in [1.807, 2.05) is 0 Å². The van der Waals surface area contributed by atoms with Crippen LogP contribution in [0, 0.1) is 5.82 Å². The van der Waals surface area contributed by atoms with E-state index in [4.69, 9.17) is 4.74 Å². The maximum Gasteiger partial charge on any atom is 0.271 e. The van der Waals surface area contributed by atoms with Gasteiger partial charge in [0.2, 0.25) is 0 Å². The van der Waals surface area contributed by atoms with Gasteiger partial charge in [-0.25, -0.2) is 4.39 Å². The largest absolute Gasteiger partial charge is 0.389 e. The lowest BCUT2D eigenvalue weighted by atomic mass is 10.1. The van der Waals surface area contributed by atoms with Crippen molar-refractivity contribution in [3.8, 4) is 11.3 Å². The van der Waals surface area contributed by atoms with Crippen LogP contribution in [0.25, 0.3) is 11.3 Å². The summed E-state index contributed by atoms with van der Waals surface area (Å²) in [5.41, 5.74) is 1.66. The van der Waals surface area contributed by atoms with Crippen LogP contribution in [0.3, 0.4) is 0 Å². The number of carbonyl (C=O) groups excluding carboxylic acids is 1. The SMILES string of the molecule is CN(C(=O)c1cc(-c2ccc(F)cc2)n[nH]1)[C@@H]1CC[C@@H](N2CCOCC2)[C@@H]1O. The van der Waals surface area contributed by atoms with Crippen LogP contribution in [0.15, 0.2) is 30.3 Å². The molecule has 4 rings (SSSR count). The first-order valence-electron chi connectivity index (χ1n) is 9.63. The number of amides is 1. The fourth-order valence-electron chi connectivity index (χ4n) is 4.21. The molecule has 1 aromatic carbocycles. The Kier molecular flexibility index (Phi) is 5.43. The normalized spacial score (nSPS) is 25.8. The van der Waals surface area contributed by atoms with E-state index in [0.29, 0.717) is 24.6 Å². The molecule has 1 aliphatic carbocycles. The van der Waals surface area contributed by atoms with Crippen LogP contribution in [0.4, 0.5) is 4.39 Å². The van der Waals surface area contributed by atoms with E-state index in [0.717, 1.165) is 31.5 Å². The summed E-state index contributed by atoms with van der Waals surface area (Å²) in [4.78, 5) is 16.8. The van der Waals surface area contributed by atoms with E-state index in [-0.39, 0.29) is 23.8 Å². The van der Waals surface area contributed by atoms with E-state index >= 15 is 0 Å². The summed E-state index contributed by atoms with van der Waals surface area (Å²) >= 11 is 0. The highest BCUT2D eigenvalue weighted by Gasteiger charge is 2.42. The van der Waals surface area contributed by atoms with E-state index in [9.17, 15) is 14.3 Å². The molecule has 2 fully saturated rings. The van der Waals surface area contributed by atoms with Gasteiger partial charge in [-0.1, -0.05) is 0 Å². The third-order valence-electron chi connectivity index (χ3n) is 5.83. The summed E-state index contributed by atoms with van der Waals surface area (Å²) < 4.78 is 18.5. The van der Waals surface area contributed by atoms with E-state index in [1.165, 1.54) is 12.1 Å². The molecule has 2 aromatic rings. The molecule has 1 saturated carbocycles. The number of nitrogens with zero attached hydrogens (tertiary/aromatic N) is 3. The highest BCUT2D eigenvalue weighted by Crippen LogP contribution is 2.29. The number of likely N-dealkylation sites (N-methyl/N-ethyl adjacent to an activating group) is 1. The topological polar surface area (TPSA) is 81.7 Å². The molecular formula is C20H25FN4O3. The van der Waals surface area contributed by atoms with Gasteiger partial charge in [-0.05, 0) is 43.2 Å². The molecule has 28 heavy (non-hydrogen) atoms. The number of nitrogens with one attached hydrogen (secondary N) is 1. The number of halogens is 1. The van der Waals surface area contributed by atoms with E-state index in [2.05, 4.69) is 15.1 Å². The molecule has 1 saturated heterocycles. The fraction of sp³-hybridized carbons (Fsp3) is 0.500. The minimum atomic E-state index is -0.591. The molecule has 1 aliphatic heterocycles. The molecular weight excluding hydrogens is 363 g/mol. The van der Waals surface area contributed by atoms with Gasteiger partial charge < -0.3 is 14.7 Å². The Labute approximate surface area is 163 Å². The quantitative estimate of drug-likeness (QED) is 0.830. The van der Waals surface area contributed by atoms with Crippen LogP contribution in [-0.4, -0.2) is 82.5 Å². The fourth-order valence-corrected chi connectivity index (χ4v) is 4.21. The molecule has 3 atom stereocenters. The first kappa shape index (κ1) is 19.0. The first-order chi connectivity index (χ1) is 13.5. The molecule has 7 nitrogen and oxygen atoms in total. The number of hydrogen-bond acceptors (Lipinski definition) is 5. The van der Waals surface area contributed by atoms with Crippen molar-refractivity contribution in [1.29, 1.82) is 0 Å². The second kappa shape index (κ2) is 7.98. The molecule has 1 amide bonds. The lowest BCUT2D eigenvalue weighted by Gasteiger charge is -2.36. The van der Waals surface area contributed by atoms with Crippen molar-refractivity contribution in [2.45, 2.75) is 31.0 Å². The van der Waals surface area contributed by atoms with Gasteiger partial charge in [0.25, 0.3) is 5.91 Å². The molecule has 150 valence electrons. The van der Waals surface area contributed by atoms with Gasteiger partial charge >= 0.3 is 0 Å². The Morgan fingerprint density at radius 3 is 2.71 bits per heavy atom. The van der Waals surface area contributed by atoms with Crippen molar-refractivity contribution in [2.75, 3.05) is 33.4 Å². The standard InChI is InChI=1S/C20H25FN4O3/c1-24(17-6-7-18(19(17)26)25-8-10-28-11-9-25)20(27)16-12-15(22-23-16)13-2-4-14(21)5-3-13/h2-5,12,17-19,26H,6-11H2,1H3,(H,22,23)/t17-,18-,19-/m1/s1. The van der Waals surface area contributed by atoms with Crippen LogP contribution in [0.1, 0.15) is 23.3 Å². The number of aliphatic hydroxyl groups is 1. The second-order valence-corrected chi connectivity index (χ2v) is 7.44. The summed E-state index contributed by atoms with van der Waals surface area (Å²) in [5, 5.41) is 17.8. The van der Waals surface area contributed by atoms with Crippen LogP contribution in [-0.2, 0) is 4.74 Å². The average Bonchev–Trinajstić information content (AvgIpc) is 3.35. The Hall–Kier alpha value is -2.29. The highest BCUT2D eigenvalue weighted by molar-refractivity contribution is 5.93. The number of rotatable bonds is 4. The zero-order valence-corrected chi connectivity index (χ0v) is 15.8. The van der Waals surface area contributed by atoms with Crippen molar-refractivity contribution in [3.63, 3.8) is 0 Å². The van der Waals surface area contributed by atoms with Crippen LogP contribution >= 0.6 is 0 Å². The van der Waals surface area contributed by atoms with Gasteiger partial charge in [-0.3, -0.25) is 14.8 Å². The monoisotopic (exact) mass is 388 g/mol. The lowest BCUT2D eigenvalue weighted by Crippen LogP contribution is -2.51. The Balaban J connectivity index is 1.44. The molecule has 0 unspecified atom stereocenters. The maximum atomic E-state index is 13.1. The lowest BCUT2D eigenvalue weighted by molar-refractivity contribution is -0.0232. The molecule has 0 spiro atoms. The zero-order valence-electron chi connectivity index (χ0n) is 15.8. The summed E-state index contributed by atoms with van der Waals surface area (Å²) in [7, 11) is 1.72. The van der Waals surface area contributed by atoms with E-state index < -0.39 is 6.10 Å². The molecule has 1 aromatic heterocycles. The van der Waals surface area contributed by atoms with Gasteiger partial charge in [0, 0.05) is 31.7 Å². The second-order valence-electron chi connectivity index (χ2n) is 7.44. The van der Waals surface area contributed by atoms with Crippen LogP contribution < -0.4 is 0 Å². The van der Waals surface area contributed by atoms with Gasteiger partial charge in [-0.15, -0.1) is 0 Å². The maximum absolute atomic E-state index is 13.1. The smallest absolute Gasteiger partial charge is 0.271 e. The number of aromatic amines is 1. The first-order valence-corrected chi connectivity index (χ1v) is 9.63. The number of benzene rings is 1. The van der Waals surface area contributed by atoms with Crippen molar-refractivity contribution in [2.24, 2.45) is 0 Å². The van der Waals surface area contributed by atoms with Crippen molar-refractivity contribution >= 4 is 5.91 Å². The number of H-pyrrole nitrogens is 1. The summed E-state index contributed by atoms with van der Waals surface area (Å²) in [5.74, 6) is -0.534. The predicted molar refractivity (Wildman–Crippen MR) is 101 cm³/mol. The average molecular weight is 388 g/mol. The number of hydrogen-bond donors (Lipinski definition) is 2. The van der Waals surface area contributed by atoms with Gasteiger partial charge in [0.05, 0.1) is 31.1 Å². The Bertz CT molecular complexity index is 819. The molecule has 8 heteroatoms. The molecule has 0 bridgehead atoms. The molecule has 0 radical (unpaired) electrons. The van der Waals surface area contributed by atoms with Crippen molar-refractivity contribution in [1.82, 2.24) is 20.0 Å². The van der Waals surface area contributed by atoms with Crippen molar-refractivity contribution < 1.29 is 19.0 Å². The summed E-state index contributed by atoms with van der Waals surface area (Å²) in [6.45, 7) is 2.99. The van der Waals surface area contributed by atoms with Gasteiger partial charge in [0.15, 0.2) is 0 Å². The molecule has 2 aliphatic rings. The third kappa shape index (κ3) is 3.67. The third-order valence-corrected chi connectivity index (χ3v) is 5.83. The Morgan fingerprint density at radius 1 is 1.29 bits per heavy atom. The Morgan fingerprint density at radius 2 is 2.00 bits per heavy atom. The van der Waals surface area contributed by atoms with E-state index in [1.54, 1.807) is 30.1 Å². The van der Waals surface area contributed by atoms with Crippen LogP contribution in [0.5, 0.6) is 0 Å². The summed E-state index contributed by atoms with van der Waals surface area (Å²) in [6, 6.07) is 7.44. The van der Waals surface area contributed by atoms with Gasteiger partial charge in [0.1, 0.15) is 11.5 Å². The predicted octanol–water partition coefficient (Wildman–Crippen LogP) is 1.51. The van der Waals surface area contributed by atoms with Crippen molar-refractivity contribution in [3.05, 3.63) is 41.8 Å². The van der Waals surface area contributed by atoms with Gasteiger partial charge in [-0.2, -0.15) is 5.10 Å². The number of morpholine rings is 1. The minimum Gasteiger partial charge on any atom is -0.389 e. The zero-order chi connectivity index (χ0) is 19.7. The number of ether oxygens (including phenoxy) is 1. The minimum absolute atomic E-state index is 0.0562. The van der Waals surface area contributed by atoms with Crippen LogP contribution in [0.2, 0.25) is 0 Å². The summed E-state index contributed by atoms with van der Waals surface area (Å²) in [6.07, 6.45) is 1.02.